The van der Waals surface area contributed by atoms with Gasteiger partial charge < -0.3 is 15.2 Å². The molecule has 0 amide bonds. The number of methoxy groups -OCH3 is 1. The summed E-state index contributed by atoms with van der Waals surface area (Å²) in [6.45, 7) is 6.39. The van der Waals surface area contributed by atoms with Crippen molar-refractivity contribution in [2.75, 3.05) is 33.3 Å². The summed E-state index contributed by atoms with van der Waals surface area (Å²) in [6.07, 6.45) is 1.04. The van der Waals surface area contributed by atoms with E-state index in [0.717, 1.165) is 38.3 Å². The Balaban J connectivity index is 0.00000180. The molecule has 1 aliphatic rings. The Kier molecular flexibility index (Phi) is 8.98. The summed E-state index contributed by atoms with van der Waals surface area (Å²) in [4.78, 5) is 2.48. The third kappa shape index (κ3) is 4.42. The van der Waals surface area contributed by atoms with Crippen LogP contribution in [0.5, 0.6) is 11.5 Å². The van der Waals surface area contributed by atoms with Crippen LogP contribution in [0.1, 0.15) is 24.9 Å². The van der Waals surface area contributed by atoms with Crippen LogP contribution in [0.2, 0.25) is 0 Å². The van der Waals surface area contributed by atoms with Crippen molar-refractivity contribution in [3.05, 3.63) is 23.8 Å². The summed E-state index contributed by atoms with van der Waals surface area (Å²) in [5.41, 5.74) is 1.17. The predicted molar refractivity (Wildman–Crippen MR) is 86.6 cm³/mol. The number of aromatic hydroxyl groups is 1. The molecule has 0 saturated carbocycles. The smallest absolute Gasteiger partial charge is 0.127 e. The molecule has 2 rings (SSSR count). The van der Waals surface area contributed by atoms with Crippen LogP contribution in [0.15, 0.2) is 18.2 Å². The molecule has 1 aliphatic heterocycles. The topological polar surface area (TPSA) is 44.7 Å². The summed E-state index contributed by atoms with van der Waals surface area (Å²) in [5.74, 6) is 1.03. The summed E-state index contributed by atoms with van der Waals surface area (Å²) in [6, 6.07) is 5.77. The lowest BCUT2D eigenvalue weighted by Crippen LogP contribution is -2.45. The summed E-state index contributed by atoms with van der Waals surface area (Å²) >= 11 is 0. The zero-order chi connectivity index (χ0) is 13.0. The second kappa shape index (κ2) is 9.29. The van der Waals surface area contributed by atoms with Gasteiger partial charge in [-0.25, -0.2) is 0 Å². The molecular weight excluding hydrogens is 299 g/mol. The molecule has 116 valence electrons. The van der Waals surface area contributed by atoms with Gasteiger partial charge in [0.2, 0.25) is 0 Å². The highest BCUT2D eigenvalue weighted by molar-refractivity contribution is 5.85. The second-order valence-electron chi connectivity index (χ2n) is 4.64. The van der Waals surface area contributed by atoms with E-state index < -0.39 is 0 Å². The van der Waals surface area contributed by atoms with Crippen molar-refractivity contribution in [1.82, 2.24) is 10.2 Å². The highest BCUT2D eigenvalue weighted by Gasteiger charge is 2.23. The lowest BCUT2D eigenvalue weighted by atomic mass is 10.0. The molecule has 0 spiro atoms. The third-order valence-corrected chi connectivity index (χ3v) is 3.56. The Bertz CT molecular complexity index is 399. The van der Waals surface area contributed by atoms with Crippen molar-refractivity contribution < 1.29 is 9.84 Å². The number of hydrogen-bond donors (Lipinski definition) is 2. The Morgan fingerprint density at radius 2 is 1.95 bits per heavy atom. The van der Waals surface area contributed by atoms with Gasteiger partial charge in [0.15, 0.2) is 0 Å². The normalized spacial score (nSPS) is 16.7. The van der Waals surface area contributed by atoms with Crippen molar-refractivity contribution in [2.24, 2.45) is 0 Å². The maximum atomic E-state index is 9.53. The number of rotatable bonds is 4. The van der Waals surface area contributed by atoms with Gasteiger partial charge in [0.05, 0.1) is 7.11 Å². The summed E-state index contributed by atoms with van der Waals surface area (Å²) in [5, 5.41) is 12.9. The fraction of sp³-hybridized carbons (Fsp3) is 0.571. The number of nitrogens with one attached hydrogen (secondary N) is 1. The lowest BCUT2D eigenvalue weighted by Gasteiger charge is -2.35. The van der Waals surface area contributed by atoms with Crippen LogP contribution in [-0.2, 0) is 0 Å². The molecule has 1 aromatic carbocycles. The minimum absolute atomic E-state index is 0. The summed E-state index contributed by atoms with van der Waals surface area (Å²) in [7, 11) is 1.66. The highest BCUT2D eigenvalue weighted by atomic mass is 35.5. The lowest BCUT2D eigenvalue weighted by molar-refractivity contribution is 0.166. The van der Waals surface area contributed by atoms with Crippen molar-refractivity contribution in [3.63, 3.8) is 0 Å². The minimum atomic E-state index is 0. The van der Waals surface area contributed by atoms with E-state index in [1.165, 1.54) is 5.56 Å². The van der Waals surface area contributed by atoms with Crippen molar-refractivity contribution in [2.45, 2.75) is 19.4 Å². The number of phenolic OH excluding ortho intramolecular Hbond substituents is 1. The standard InChI is InChI=1S/C14H22N2O2.2ClH/c1-3-13(16-8-6-15-7-9-16)12-5-4-11(17)10-14(12)18-2;;/h4-5,10,13,15,17H,3,6-9H2,1-2H3;2*1H/t13-;;/m0../s1. The average Bonchev–Trinajstić information content (AvgIpc) is 2.42. The van der Waals surface area contributed by atoms with Crippen LogP contribution in [0.3, 0.4) is 0 Å². The van der Waals surface area contributed by atoms with Gasteiger partial charge in [-0.3, -0.25) is 4.90 Å². The van der Waals surface area contributed by atoms with E-state index in [4.69, 9.17) is 4.74 Å². The Hall–Kier alpha value is -0.680. The van der Waals surface area contributed by atoms with Crippen molar-refractivity contribution >= 4 is 24.8 Å². The number of nitrogens with zero attached hydrogens (tertiary/aromatic N) is 1. The van der Waals surface area contributed by atoms with Gasteiger partial charge in [0, 0.05) is 43.9 Å². The fourth-order valence-corrected chi connectivity index (χ4v) is 2.64. The number of hydrogen-bond acceptors (Lipinski definition) is 4. The van der Waals surface area contributed by atoms with E-state index in [9.17, 15) is 5.11 Å². The largest absolute Gasteiger partial charge is 0.508 e. The molecule has 6 heteroatoms. The summed E-state index contributed by atoms with van der Waals surface area (Å²) < 4.78 is 5.40. The molecule has 2 N–H and O–H groups in total. The van der Waals surface area contributed by atoms with Crippen LogP contribution in [-0.4, -0.2) is 43.3 Å². The first-order valence-electron chi connectivity index (χ1n) is 6.58. The molecule has 1 saturated heterocycles. The van der Waals surface area contributed by atoms with Gasteiger partial charge in [-0.05, 0) is 12.5 Å². The van der Waals surface area contributed by atoms with E-state index in [2.05, 4.69) is 17.1 Å². The number of phenols is 1. The van der Waals surface area contributed by atoms with Gasteiger partial charge in [0.25, 0.3) is 0 Å². The van der Waals surface area contributed by atoms with Gasteiger partial charge in [-0.15, -0.1) is 24.8 Å². The van der Waals surface area contributed by atoms with Crippen molar-refractivity contribution in [1.29, 1.82) is 0 Å². The van der Waals surface area contributed by atoms with Gasteiger partial charge in [-0.2, -0.15) is 0 Å². The zero-order valence-corrected chi connectivity index (χ0v) is 13.6. The van der Waals surface area contributed by atoms with E-state index in [0.29, 0.717) is 6.04 Å². The maximum Gasteiger partial charge on any atom is 0.127 e. The van der Waals surface area contributed by atoms with Gasteiger partial charge in [0.1, 0.15) is 11.5 Å². The van der Waals surface area contributed by atoms with Crippen LogP contribution < -0.4 is 10.1 Å². The molecule has 1 heterocycles. The second-order valence-corrected chi connectivity index (χ2v) is 4.64. The quantitative estimate of drug-likeness (QED) is 0.894. The Morgan fingerprint density at radius 1 is 1.30 bits per heavy atom. The molecule has 1 atom stereocenters. The third-order valence-electron chi connectivity index (χ3n) is 3.56. The van der Waals surface area contributed by atoms with Crippen molar-refractivity contribution in [3.8, 4) is 11.5 Å². The molecule has 0 bridgehead atoms. The number of ether oxygens (including phenoxy) is 1. The van der Waals surface area contributed by atoms with Crippen LogP contribution in [0.4, 0.5) is 0 Å². The average molecular weight is 323 g/mol. The van der Waals surface area contributed by atoms with Crippen LogP contribution in [0, 0.1) is 0 Å². The first-order valence-corrected chi connectivity index (χ1v) is 6.58. The first-order chi connectivity index (χ1) is 8.76. The Labute approximate surface area is 133 Å². The van der Waals surface area contributed by atoms with Gasteiger partial charge >= 0.3 is 0 Å². The van der Waals surface area contributed by atoms with E-state index in [1.807, 2.05) is 6.07 Å². The van der Waals surface area contributed by atoms with E-state index >= 15 is 0 Å². The molecule has 20 heavy (non-hydrogen) atoms. The SMILES string of the molecule is CC[C@@H](c1ccc(O)cc1OC)N1CCNCC1.Cl.Cl. The molecule has 1 fully saturated rings. The number of halogens is 2. The Morgan fingerprint density at radius 3 is 2.50 bits per heavy atom. The number of benzene rings is 1. The monoisotopic (exact) mass is 322 g/mol. The highest BCUT2D eigenvalue weighted by Crippen LogP contribution is 2.34. The van der Waals surface area contributed by atoms with Crippen LogP contribution >= 0.6 is 24.8 Å². The molecule has 1 aromatic rings. The molecule has 0 aromatic heterocycles. The molecule has 0 radical (unpaired) electrons. The van der Waals surface area contributed by atoms with Crippen LogP contribution in [0.25, 0.3) is 0 Å². The first kappa shape index (κ1) is 19.3. The molecule has 0 aliphatic carbocycles. The predicted octanol–water partition coefficient (Wildman–Crippen LogP) is 2.60. The van der Waals surface area contributed by atoms with E-state index in [1.54, 1.807) is 19.2 Å². The minimum Gasteiger partial charge on any atom is -0.508 e. The van der Waals surface area contributed by atoms with E-state index in [-0.39, 0.29) is 30.6 Å². The fourth-order valence-electron chi connectivity index (χ4n) is 2.64. The molecular formula is C14H24Cl2N2O2. The maximum absolute atomic E-state index is 9.53. The molecule has 0 unspecified atom stereocenters. The zero-order valence-electron chi connectivity index (χ0n) is 12.0. The van der Waals surface area contributed by atoms with Gasteiger partial charge in [-0.1, -0.05) is 13.0 Å². The number of piperazine rings is 1. The molecule has 4 nitrogen and oxygen atoms in total.